The van der Waals surface area contributed by atoms with Gasteiger partial charge >= 0.3 is 0 Å². The Bertz CT molecular complexity index is 453. The van der Waals surface area contributed by atoms with Crippen molar-refractivity contribution in [1.29, 1.82) is 0 Å². The Hall–Kier alpha value is -0.830. The van der Waals surface area contributed by atoms with Crippen LogP contribution in [0.1, 0.15) is 75.7 Å². The molecular formula is C18H31N3. The summed E-state index contributed by atoms with van der Waals surface area (Å²) in [5, 5.41) is 8.65. The molecule has 1 N–H and O–H groups in total. The second kappa shape index (κ2) is 6.95. The van der Waals surface area contributed by atoms with E-state index in [1.165, 1.54) is 61.9 Å². The molecule has 0 radical (unpaired) electrons. The number of aryl methyl sites for hydroxylation is 1. The molecule has 1 aromatic heterocycles. The van der Waals surface area contributed by atoms with E-state index >= 15 is 0 Å². The first-order valence-corrected chi connectivity index (χ1v) is 9.12. The van der Waals surface area contributed by atoms with Gasteiger partial charge in [-0.2, -0.15) is 5.10 Å². The molecule has 2 aliphatic rings. The zero-order chi connectivity index (χ0) is 14.7. The largest absolute Gasteiger partial charge is 0.310 e. The van der Waals surface area contributed by atoms with Crippen molar-refractivity contribution in [3.05, 3.63) is 17.0 Å². The van der Waals surface area contributed by atoms with Crippen molar-refractivity contribution in [1.82, 2.24) is 15.1 Å². The van der Waals surface area contributed by atoms with E-state index in [0.29, 0.717) is 0 Å². The summed E-state index contributed by atoms with van der Waals surface area (Å²) in [5.41, 5.74) is 4.32. The number of rotatable bonds is 7. The van der Waals surface area contributed by atoms with Gasteiger partial charge in [0.25, 0.3) is 0 Å². The van der Waals surface area contributed by atoms with Gasteiger partial charge in [0, 0.05) is 30.4 Å². The summed E-state index contributed by atoms with van der Waals surface area (Å²) in [7, 11) is 0. The van der Waals surface area contributed by atoms with Gasteiger partial charge < -0.3 is 5.32 Å². The molecule has 0 amide bonds. The third-order valence-electron chi connectivity index (χ3n) is 5.22. The Kier molecular flexibility index (Phi) is 4.99. The predicted molar refractivity (Wildman–Crippen MR) is 87.4 cm³/mol. The van der Waals surface area contributed by atoms with Gasteiger partial charge in [0.1, 0.15) is 0 Å². The molecule has 1 aromatic rings. The second-order valence-corrected chi connectivity index (χ2v) is 6.92. The third-order valence-corrected chi connectivity index (χ3v) is 5.22. The number of aromatic nitrogens is 2. The normalized spacial score (nSPS) is 20.1. The van der Waals surface area contributed by atoms with Crippen molar-refractivity contribution in [3.8, 4) is 0 Å². The van der Waals surface area contributed by atoms with Crippen molar-refractivity contribution in [3.63, 3.8) is 0 Å². The van der Waals surface area contributed by atoms with Crippen LogP contribution in [0.15, 0.2) is 0 Å². The fourth-order valence-electron chi connectivity index (χ4n) is 3.77. The van der Waals surface area contributed by atoms with Gasteiger partial charge in [0.05, 0.1) is 5.69 Å². The molecule has 0 bridgehead atoms. The van der Waals surface area contributed by atoms with Gasteiger partial charge in [-0.05, 0) is 44.4 Å². The molecule has 1 heterocycles. The molecule has 2 aliphatic carbocycles. The first kappa shape index (κ1) is 15.1. The molecule has 2 saturated carbocycles. The first-order chi connectivity index (χ1) is 10.3. The minimum absolute atomic E-state index is 0.779. The van der Waals surface area contributed by atoms with Crippen LogP contribution >= 0.6 is 0 Å². The van der Waals surface area contributed by atoms with Crippen LogP contribution in [0.2, 0.25) is 0 Å². The van der Waals surface area contributed by atoms with Crippen molar-refractivity contribution in [2.24, 2.45) is 5.92 Å². The van der Waals surface area contributed by atoms with E-state index < -0.39 is 0 Å². The van der Waals surface area contributed by atoms with Gasteiger partial charge in [0.15, 0.2) is 0 Å². The first-order valence-electron chi connectivity index (χ1n) is 9.12. The molecule has 21 heavy (non-hydrogen) atoms. The molecule has 0 aromatic carbocycles. The van der Waals surface area contributed by atoms with Crippen LogP contribution in [0.25, 0.3) is 0 Å². The topological polar surface area (TPSA) is 29.9 Å². The lowest BCUT2D eigenvalue weighted by Crippen LogP contribution is -2.19. The molecule has 0 aliphatic heterocycles. The van der Waals surface area contributed by atoms with Gasteiger partial charge in [-0.25, -0.2) is 0 Å². The zero-order valence-electron chi connectivity index (χ0n) is 13.8. The minimum atomic E-state index is 0.779. The predicted octanol–water partition coefficient (Wildman–Crippen LogP) is 3.84. The summed E-state index contributed by atoms with van der Waals surface area (Å²) in [4.78, 5) is 0. The summed E-state index contributed by atoms with van der Waals surface area (Å²) in [6.07, 6.45) is 12.0. The lowest BCUT2D eigenvalue weighted by atomic mass is 9.89. The summed E-state index contributed by atoms with van der Waals surface area (Å²) >= 11 is 0. The SMILES string of the molecule is CCc1nn(CC2CCCCC2)c(CC)c1CNC1CC1. The van der Waals surface area contributed by atoms with Crippen LogP contribution in [0.4, 0.5) is 0 Å². The number of hydrogen-bond acceptors (Lipinski definition) is 2. The molecule has 0 saturated heterocycles. The van der Waals surface area contributed by atoms with Gasteiger partial charge in [-0.1, -0.05) is 33.1 Å². The maximum Gasteiger partial charge on any atom is 0.0669 e. The Morgan fingerprint density at radius 2 is 1.81 bits per heavy atom. The van der Waals surface area contributed by atoms with Crippen LogP contribution in [-0.4, -0.2) is 15.8 Å². The molecule has 2 fully saturated rings. The van der Waals surface area contributed by atoms with Gasteiger partial charge in [-0.3, -0.25) is 4.68 Å². The van der Waals surface area contributed by atoms with E-state index in [2.05, 4.69) is 23.8 Å². The summed E-state index contributed by atoms with van der Waals surface area (Å²) < 4.78 is 2.36. The van der Waals surface area contributed by atoms with E-state index in [9.17, 15) is 0 Å². The lowest BCUT2D eigenvalue weighted by molar-refractivity contribution is 0.304. The number of nitrogens with one attached hydrogen (secondary N) is 1. The highest BCUT2D eigenvalue weighted by molar-refractivity contribution is 5.27. The molecule has 3 rings (SSSR count). The van der Waals surface area contributed by atoms with Gasteiger partial charge in [0.2, 0.25) is 0 Å². The molecular weight excluding hydrogens is 258 g/mol. The van der Waals surface area contributed by atoms with Crippen molar-refractivity contribution < 1.29 is 0 Å². The van der Waals surface area contributed by atoms with Crippen molar-refractivity contribution >= 4 is 0 Å². The van der Waals surface area contributed by atoms with E-state index in [0.717, 1.165) is 37.9 Å². The maximum atomic E-state index is 4.97. The van der Waals surface area contributed by atoms with Crippen LogP contribution in [-0.2, 0) is 25.9 Å². The third kappa shape index (κ3) is 3.68. The number of hydrogen-bond donors (Lipinski definition) is 1. The molecule has 3 heteroatoms. The summed E-state index contributed by atoms with van der Waals surface area (Å²) in [6, 6.07) is 0.779. The van der Waals surface area contributed by atoms with Crippen LogP contribution in [0.5, 0.6) is 0 Å². The van der Waals surface area contributed by atoms with Crippen molar-refractivity contribution in [2.75, 3.05) is 0 Å². The van der Waals surface area contributed by atoms with E-state index in [4.69, 9.17) is 5.10 Å². The standard InChI is InChI=1S/C18H31N3/c1-3-17-16(12-19-15-10-11-15)18(4-2)21(20-17)13-14-8-6-5-7-9-14/h14-15,19H,3-13H2,1-2H3. The van der Waals surface area contributed by atoms with E-state index in [1.54, 1.807) is 0 Å². The van der Waals surface area contributed by atoms with E-state index in [-0.39, 0.29) is 0 Å². The van der Waals surface area contributed by atoms with Crippen LogP contribution < -0.4 is 5.32 Å². The lowest BCUT2D eigenvalue weighted by Gasteiger charge is -2.22. The van der Waals surface area contributed by atoms with E-state index in [1.807, 2.05) is 0 Å². The maximum absolute atomic E-state index is 4.97. The number of nitrogens with zero attached hydrogens (tertiary/aromatic N) is 2. The molecule has 0 unspecified atom stereocenters. The molecule has 0 atom stereocenters. The second-order valence-electron chi connectivity index (χ2n) is 6.92. The quantitative estimate of drug-likeness (QED) is 0.826. The molecule has 118 valence electrons. The van der Waals surface area contributed by atoms with Crippen LogP contribution in [0, 0.1) is 5.92 Å². The Labute approximate surface area is 129 Å². The fraction of sp³-hybridized carbons (Fsp3) is 0.833. The van der Waals surface area contributed by atoms with Crippen LogP contribution in [0.3, 0.4) is 0 Å². The van der Waals surface area contributed by atoms with Gasteiger partial charge in [-0.15, -0.1) is 0 Å². The molecule has 0 spiro atoms. The Morgan fingerprint density at radius 3 is 2.43 bits per heavy atom. The highest BCUT2D eigenvalue weighted by Crippen LogP contribution is 2.27. The average molecular weight is 289 g/mol. The minimum Gasteiger partial charge on any atom is -0.310 e. The highest BCUT2D eigenvalue weighted by atomic mass is 15.3. The summed E-state index contributed by atoms with van der Waals surface area (Å²) in [6.45, 7) is 6.71. The Morgan fingerprint density at radius 1 is 1.05 bits per heavy atom. The molecule has 3 nitrogen and oxygen atoms in total. The summed E-state index contributed by atoms with van der Waals surface area (Å²) in [5.74, 6) is 0.859. The van der Waals surface area contributed by atoms with Crippen molar-refractivity contribution in [2.45, 2.75) is 90.8 Å². The zero-order valence-corrected chi connectivity index (χ0v) is 13.8. The average Bonchev–Trinajstić information content (AvgIpc) is 3.28. The smallest absolute Gasteiger partial charge is 0.0669 e. The highest BCUT2D eigenvalue weighted by Gasteiger charge is 2.23. The fourth-order valence-corrected chi connectivity index (χ4v) is 3.77. The Balaban J connectivity index is 1.74. The monoisotopic (exact) mass is 289 g/mol.